The normalized spacial score (nSPS) is 18.5. The van der Waals surface area contributed by atoms with E-state index in [1.165, 1.54) is 18.2 Å². The summed E-state index contributed by atoms with van der Waals surface area (Å²) >= 11 is 0. The van der Waals surface area contributed by atoms with Crippen LogP contribution in [0, 0.1) is 6.92 Å². The number of rotatable bonds is 3. The molecule has 0 fully saturated rings. The van der Waals surface area contributed by atoms with Crippen LogP contribution < -0.4 is 4.74 Å². The standard InChI is InChI=1S/C22H22F3NO4/c1-12-9-10-13(29-16-8-6-7-15(26-16)22(23,24)25)11-14(12)17-18(27)20(2,3)30-21(4,5)19(17)28/h6-11,27H,1-5H3. The van der Waals surface area contributed by atoms with Gasteiger partial charge in [-0.2, -0.15) is 13.2 Å². The Balaban J connectivity index is 2.06. The number of aryl methyl sites for hydroxylation is 1. The number of aliphatic hydroxyl groups excluding tert-OH is 1. The number of ether oxygens (including phenoxy) is 2. The number of ketones is 1. The minimum absolute atomic E-state index is 0.0937. The summed E-state index contributed by atoms with van der Waals surface area (Å²) in [5.41, 5.74) is -2.16. The van der Waals surface area contributed by atoms with Crippen molar-refractivity contribution in [3.05, 3.63) is 59.0 Å². The number of pyridine rings is 1. The van der Waals surface area contributed by atoms with E-state index in [0.29, 0.717) is 11.1 Å². The van der Waals surface area contributed by atoms with Gasteiger partial charge in [0, 0.05) is 6.07 Å². The Labute approximate surface area is 172 Å². The number of carbonyl (C=O) groups is 1. The molecule has 0 atom stereocenters. The summed E-state index contributed by atoms with van der Waals surface area (Å²) in [6, 6.07) is 8.05. The summed E-state index contributed by atoms with van der Waals surface area (Å²) in [5, 5.41) is 10.7. The summed E-state index contributed by atoms with van der Waals surface area (Å²) < 4.78 is 50.0. The lowest BCUT2D eigenvalue weighted by atomic mass is 9.82. The Morgan fingerprint density at radius 3 is 2.37 bits per heavy atom. The number of nitrogens with zero attached hydrogens (tertiary/aromatic N) is 1. The van der Waals surface area contributed by atoms with Gasteiger partial charge < -0.3 is 14.6 Å². The molecule has 0 spiro atoms. The predicted octanol–water partition coefficient (Wildman–Crippen LogP) is 5.63. The first-order valence-corrected chi connectivity index (χ1v) is 9.24. The van der Waals surface area contributed by atoms with Gasteiger partial charge in [0.05, 0.1) is 5.57 Å². The molecule has 0 saturated heterocycles. The molecule has 1 aliphatic heterocycles. The van der Waals surface area contributed by atoms with Gasteiger partial charge in [0.15, 0.2) is 5.78 Å². The second-order valence-electron chi connectivity index (χ2n) is 8.11. The molecule has 0 radical (unpaired) electrons. The second-order valence-corrected chi connectivity index (χ2v) is 8.11. The van der Waals surface area contributed by atoms with Gasteiger partial charge in [-0.25, -0.2) is 4.98 Å². The SMILES string of the molecule is Cc1ccc(Oc2cccc(C(F)(F)F)n2)cc1C1=C(O)C(C)(C)OC(C)(C)C1=O. The molecule has 5 nitrogen and oxygen atoms in total. The van der Waals surface area contributed by atoms with Gasteiger partial charge in [-0.05, 0) is 63.9 Å². The number of Topliss-reactive ketones (excluding diaryl/α,β-unsaturated/α-hetero) is 1. The summed E-state index contributed by atoms with van der Waals surface area (Å²) in [7, 11) is 0. The average molecular weight is 421 g/mol. The van der Waals surface area contributed by atoms with E-state index in [1.807, 2.05) is 0 Å². The van der Waals surface area contributed by atoms with Gasteiger partial charge in [0.1, 0.15) is 28.4 Å². The Hall–Kier alpha value is -2.87. The third-order valence-electron chi connectivity index (χ3n) is 4.81. The molecule has 0 saturated carbocycles. The van der Waals surface area contributed by atoms with Gasteiger partial charge in [0.25, 0.3) is 0 Å². The second kappa shape index (κ2) is 7.12. The van der Waals surface area contributed by atoms with Crippen LogP contribution >= 0.6 is 0 Å². The van der Waals surface area contributed by atoms with Crippen molar-refractivity contribution < 1.29 is 32.5 Å². The third-order valence-corrected chi connectivity index (χ3v) is 4.81. The predicted molar refractivity (Wildman–Crippen MR) is 104 cm³/mol. The van der Waals surface area contributed by atoms with Crippen LogP contribution in [0.3, 0.4) is 0 Å². The number of carbonyl (C=O) groups excluding carboxylic acids is 1. The number of halogens is 3. The summed E-state index contributed by atoms with van der Waals surface area (Å²) in [4.78, 5) is 16.5. The molecule has 1 aliphatic rings. The van der Waals surface area contributed by atoms with Crippen LogP contribution in [-0.2, 0) is 15.7 Å². The minimum Gasteiger partial charge on any atom is -0.508 e. The number of alkyl halides is 3. The number of hydrogen-bond acceptors (Lipinski definition) is 5. The van der Waals surface area contributed by atoms with Crippen molar-refractivity contribution in [3.8, 4) is 11.6 Å². The van der Waals surface area contributed by atoms with Crippen LogP contribution in [0.2, 0.25) is 0 Å². The molecule has 2 heterocycles. The molecule has 0 aliphatic carbocycles. The first-order valence-electron chi connectivity index (χ1n) is 9.24. The van der Waals surface area contributed by atoms with E-state index >= 15 is 0 Å². The fraction of sp³-hybridized carbons (Fsp3) is 0.364. The highest BCUT2D eigenvalue weighted by Gasteiger charge is 2.47. The fourth-order valence-corrected chi connectivity index (χ4v) is 3.38. The maximum absolute atomic E-state index is 13.0. The van der Waals surface area contributed by atoms with Crippen LogP contribution in [0.25, 0.3) is 5.57 Å². The van der Waals surface area contributed by atoms with Crippen molar-refractivity contribution in [1.29, 1.82) is 0 Å². The van der Waals surface area contributed by atoms with Gasteiger partial charge in [-0.3, -0.25) is 4.79 Å². The zero-order valence-electron chi connectivity index (χ0n) is 17.2. The van der Waals surface area contributed by atoms with Crippen molar-refractivity contribution in [3.63, 3.8) is 0 Å². The van der Waals surface area contributed by atoms with Gasteiger partial charge in [-0.1, -0.05) is 12.1 Å². The molecule has 1 aromatic carbocycles. The lowest BCUT2D eigenvalue weighted by Crippen LogP contribution is -2.49. The van der Waals surface area contributed by atoms with Gasteiger partial charge >= 0.3 is 6.18 Å². The molecule has 160 valence electrons. The Morgan fingerprint density at radius 2 is 1.73 bits per heavy atom. The molecule has 1 aromatic heterocycles. The van der Waals surface area contributed by atoms with E-state index in [9.17, 15) is 23.1 Å². The van der Waals surface area contributed by atoms with E-state index in [2.05, 4.69) is 4.98 Å². The molecule has 0 amide bonds. The minimum atomic E-state index is -4.60. The topological polar surface area (TPSA) is 68.7 Å². The van der Waals surface area contributed by atoms with E-state index in [-0.39, 0.29) is 23.0 Å². The number of aliphatic hydroxyl groups is 1. The lowest BCUT2D eigenvalue weighted by Gasteiger charge is -2.40. The van der Waals surface area contributed by atoms with E-state index < -0.39 is 28.9 Å². The molecule has 1 N–H and O–H groups in total. The number of benzene rings is 1. The van der Waals surface area contributed by atoms with Crippen LogP contribution in [0.1, 0.15) is 44.5 Å². The van der Waals surface area contributed by atoms with Crippen LogP contribution in [0.4, 0.5) is 13.2 Å². The first kappa shape index (κ1) is 21.8. The quantitative estimate of drug-likeness (QED) is 0.696. The Bertz CT molecular complexity index is 1040. The molecule has 3 rings (SSSR count). The highest BCUT2D eigenvalue weighted by Crippen LogP contribution is 2.41. The van der Waals surface area contributed by atoms with Crippen molar-refractivity contribution in [2.45, 2.75) is 52.0 Å². The third kappa shape index (κ3) is 4.05. The smallest absolute Gasteiger partial charge is 0.433 e. The zero-order chi connectivity index (χ0) is 22.5. The van der Waals surface area contributed by atoms with Crippen molar-refractivity contribution >= 4 is 11.4 Å². The van der Waals surface area contributed by atoms with Crippen molar-refractivity contribution in [2.24, 2.45) is 0 Å². The molecule has 30 heavy (non-hydrogen) atoms. The van der Waals surface area contributed by atoms with Crippen LogP contribution in [0.15, 0.2) is 42.2 Å². The number of aromatic nitrogens is 1. The zero-order valence-corrected chi connectivity index (χ0v) is 17.2. The van der Waals surface area contributed by atoms with Crippen LogP contribution in [0.5, 0.6) is 11.6 Å². The highest BCUT2D eigenvalue weighted by molar-refractivity contribution is 6.26. The molecule has 8 heteroatoms. The average Bonchev–Trinajstić information content (AvgIpc) is 2.62. The van der Waals surface area contributed by atoms with Gasteiger partial charge in [-0.15, -0.1) is 0 Å². The largest absolute Gasteiger partial charge is 0.508 e. The number of hydrogen-bond donors (Lipinski definition) is 1. The Morgan fingerprint density at radius 1 is 1.07 bits per heavy atom. The summed E-state index contributed by atoms with van der Waals surface area (Å²) in [5.74, 6) is -0.685. The van der Waals surface area contributed by atoms with E-state index in [1.54, 1.807) is 46.8 Å². The monoisotopic (exact) mass is 421 g/mol. The van der Waals surface area contributed by atoms with Gasteiger partial charge in [0.2, 0.25) is 5.88 Å². The Kier molecular flexibility index (Phi) is 5.18. The fourth-order valence-electron chi connectivity index (χ4n) is 3.38. The molecule has 0 bridgehead atoms. The van der Waals surface area contributed by atoms with Crippen molar-refractivity contribution in [2.75, 3.05) is 0 Å². The van der Waals surface area contributed by atoms with E-state index in [4.69, 9.17) is 9.47 Å². The molecular weight excluding hydrogens is 399 g/mol. The molecule has 2 aromatic rings. The van der Waals surface area contributed by atoms with Crippen LogP contribution in [-0.4, -0.2) is 27.1 Å². The summed E-state index contributed by atoms with van der Waals surface area (Å²) in [6.07, 6.45) is -4.60. The van der Waals surface area contributed by atoms with Crippen molar-refractivity contribution in [1.82, 2.24) is 4.98 Å². The highest BCUT2D eigenvalue weighted by atomic mass is 19.4. The molecular formula is C22H22F3NO4. The summed E-state index contributed by atoms with van der Waals surface area (Å²) in [6.45, 7) is 8.29. The van der Waals surface area contributed by atoms with E-state index in [0.717, 1.165) is 6.07 Å². The maximum atomic E-state index is 13.0. The molecule has 0 unspecified atom stereocenters. The maximum Gasteiger partial charge on any atom is 0.433 e. The first-order chi connectivity index (χ1) is 13.7. The lowest BCUT2D eigenvalue weighted by molar-refractivity contribution is -0.158.